The highest BCUT2D eigenvalue weighted by atomic mass is 79.9. The summed E-state index contributed by atoms with van der Waals surface area (Å²) in [5.74, 6) is 0. The molecule has 1 N–H and O–H groups in total. The first-order valence-corrected chi connectivity index (χ1v) is 8.29. The summed E-state index contributed by atoms with van der Waals surface area (Å²) < 4.78 is 1.14. The van der Waals surface area contributed by atoms with Crippen LogP contribution >= 0.6 is 15.9 Å². The Morgan fingerprint density at radius 3 is 2.45 bits per heavy atom. The van der Waals surface area contributed by atoms with Crippen molar-refractivity contribution in [1.29, 1.82) is 0 Å². The molecule has 0 spiro atoms. The Balaban J connectivity index is 1.77. The summed E-state index contributed by atoms with van der Waals surface area (Å²) in [6, 6.07) is 8.66. The molecule has 2 fully saturated rings. The molecular weight excluding hydrogens is 314 g/mol. The SMILES string of the molecule is CN(C)c1ccc(Br)cc1NC1CC2CCC(C1)N2C. The maximum atomic E-state index is 3.79. The first kappa shape index (κ1) is 14.2. The molecule has 0 amide bonds. The van der Waals surface area contributed by atoms with Gasteiger partial charge in [0.15, 0.2) is 0 Å². The molecule has 2 bridgehead atoms. The van der Waals surface area contributed by atoms with Gasteiger partial charge < -0.3 is 15.1 Å². The second-order valence-corrected chi connectivity index (χ2v) is 7.33. The summed E-state index contributed by atoms with van der Waals surface area (Å²) in [5.41, 5.74) is 2.51. The van der Waals surface area contributed by atoms with E-state index in [9.17, 15) is 0 Å². The molecule has 2 aliphatic rings. The van der Waals surface area contributed by atoms with Crippen molar-refractivity contribution in [3.8, 4) is 0 Å². The number of hydrogen-bond acceptors (Lipinski definition) is 3. The van der Waals surface area contributed by atoms with E-state index in [-0.39, 0.29) is 0 Å². The van der Waals surface area contributed by atoms with Gasteiger partial charge >= 0.3 is 0 Å². The van der Waals surface area contributed by atoms with E-state index < -0.39 is 0 Å². The Hall–Kier alpha value is -0.740. The van der Waals surface area contributed by atoms with Crippen molar-refractivity contribution >= 4 is 27.3 Å². The molecule has 0 aromatic heterocycles. The van der Waals surface area contributed by atoms with Crippen LogP contribution in [0.15, 0.2) is 22.7 Å². The summed E-state index contributed by atoms with van der Waals surface area (Å²) in [7, 11) is 6.50. The molecule has 0 radical (unpaired) electrons. The number of halogens is 1. The first-order valence-electron chi connectivity index (χ1n) is 7.50. The summed E-state index contributed by atoms with van der Waals surface area (Å²) in [4.78, 5) is 4.77. The summed E-state index contributed by atoms with van der Waals surface area (Å²) in [6.45, 7) is 0. The topological polar surface area (TPSA) is 18.5 Å². The number of nitrogens with one attached hydrogen (secondary N) is 1. The third kappa shape index (κ3) is 2.68. The maximum Gasteiger partial charge on any atom is 0.0597 e. The molecule has 4 heteroatoms. The molecule has 110 valence electrons. The summed E-state index contributed by atoms with van der Waals surface area (Å²) >= 11 is 3.59. The minimum atomic E-state index is 0.608. The second kappa shape index (κ2) is 5.57. The Labute approximate surface area is 130 Å². The van der Waals surface area contributed by atoms with Crippen molar-refractivity contribution in [2.75, 3.05) is 31.4 Å². The lowest BCUT2D eigenvalue weighted by molar-refractivity contribution is 0.169. The fourth-order valence-corrected chi connectivity index (χ4v) is 4.12. The van der Waals surface area contributed by atoms with E-state index in [1.807, 2.05) is 0 Å². The number of rotatable bonds is 3. The van der Waals surface area contributed by atoms with Crippen molar-refractivity contribution in [3.63, 3.8) is 0 Å². The van der Waals surface area contributed by atoms with Gasteiger partial charge in [-0.25, -0.2) is 0 Å². The molecule has 2 atom stereocenters. The number of piperidine rings is 1. The van der Waals surface area contributed by atoms with Crippen molar-refractivity contribution < 1.29 is 0 Å². The van der Waals surface area contributed by atoms with Gasteiger partial charge in [-0.15, -0.1) is 0 Å². The van der Waals surface area contributed by atoms with E-state index in [0.717, 1.165) is 16.6 Å². The monoisotopic (exact) mass is 337 g/mol. The van der Waals surface area contributed by atoms with Gasteiger partial charge in [0.1, 0.15) is 0 Å². The Bertz CT molecular complexity index is 475. The number of benzene rings is 1. The van der Waals surface area contributed by atoms with Crippen LogP contribution in [0.25, 0.3) is 0 Å². The molecule has 3 rings (SSSR count). The van der Waals surface area contributed by atoms with E-state index in [2.05, 4.69) is 70.4 Å². The van der Waals surface area contributed by atoms with Crippen LogP contribution in [0.2, 0.25) is 0 Å². The second-order valence-electron chi connectivity index (χ2n) is 6.42. The quantitative estimate of drug-likeness (QED) is 0.909. The molecule has 0 saturated carbocycles. The lowest BCUT2D eigenvalue weighted by Gasteiger charge is -2.37. The van der Waals surface area contributed by atoms with Gasteiger partial charge in [0, 0.05) is 36.7 Å². The Morgan fingerprint density at radius 2 is 1.85 bits per heavy atom. The van der Waals surface area contributed by atoms with Crippen LogP contribution in [0.5, 0.6) is 0 Å². The average molecular weight is 338 g/mol. The van der Waals surface area contributed by atoms with E-state index in [1.165, 1.54) is 37.1 Å². The van der Waals surface area contributed by atoms with Crippen LogP contribution in [0.3, 0.4) is 0 Å². The van der Waals surface area contributed by atoms with Gasteiger partial charge in [-0.1, -0.05) is 15.9 Å². The Morgan fingerprint density at radius 1 is 1.20 bits per heavy atom. The number of fused-ring (bicyclic) bond motifs is 2. The first-order chi connectivity index (χ1) is 9.54. The predicted molar refractivity (Wildman–Crippen MR) is 89.7 cm³/mol. The molecule has 0 aliphatic carbocycles. The molecule has 2 aliphatic heterocycles. The lowest BCUT2D eigenvalue weighted by Crippen LogP contribution is -2.44. The minimum absolute atomic E-state index is 0.608. The van der Waals surface area contributed by atoms with E-state index in [1.54, 1.807) is 0 Å². The third-order valence-electron chi connectivity index (χ3n) is 4.90. The fourth-order valence-electron chi connectivity index (χ4n) is 3.76. The van der Waals surface area contributed by atoms with Crippen LogP contribution in [-0.2, 0) is 0 Å². The fraction of sp³-hybridized carbons (Fsp3) is 0.625. The third-order valence-corrected chi connectivity index (χ3v) is 5.39. The molecule has 1 aromatic carbocycles. The number of nitrogens with zero attached hydrogens (tertiary/aromatic N) is 2. The normalized spacial score (nSPS) is 29.5. The number of anilines is 2. The zero-order valence-electron chi connectivity index (χ0n) is 12.6. The van der Waals surface area contributed by atoms with Crippen molar-refractivity contribution in [2.24, 2.45) is 0 Å². The van der Waals surface area contributed by atoms with Crippen LogP contribution < -0.4 is 10.2 Å². The average Bonchev–Trinajstić information content (AvgIpc) is 2.62. The Kier molecular flexibility index (Phi) is 3.95. The molecule has 2 unspecified atom stereocenters. The van der Waals surface area contributed by atoms with Gasteiger partial charge in [-0.2, -0.15) is 0 Å². The van der Waals surface area contributed by atoms with Crippen LogP contribution in [0.1, 0.15) is 25.7 Å². The zero-order valence-corrected chi connectivity index (χ0v) is 14.2. The van der Waals surface area contributed by atoms with Gasteiger partial charge in [-0.05, 0) is 50.9 Å². The maximum absolute atomic E-state index is 3.79. The van der Waals surface area contributed by atoms with E-state index in [0.29, 0.717) is 6.04 Å². The number of hydrogen-bond donors (Lipinski definition) is 1. The van der Waals surface area contributed by atoms with Crippen molar-refractivity contribution in [3.05, 3.63) is 22.7 Å². The molecule has 1 aromatic rings. The largest absolute Gasteiger partial charge is 0.380 e. The predicted octanol–water partition coefficient (Wildman–Crippen LogP) is 3.55. The smallest absolute Gasteiger partial charge is 0.0597 e. The molecular formula is C16H24BrN3. The van der Waals surface area contributed by atoms with E-state index >= 15 is 0 Å². The molecule has 3 nitrogen and oxygen atoms in total. The molecule has 20 heavy (non-hydrogen) atoms. The van der Waals surface area contributed by atoms with Crippen LogP contribution in [-0.4, -0.2) is 44.2 Å². The molecule has 2 saturated heterocycles. The molecule has 2 heterocycles. The van der Waals surface area contributed by atoms with E-state index in [4.69, 9.17) is 0 Å². The van der Waals surface area contributed by atoms with Crippen molar-refractivity contribution in [1.82, 2.24) is 4.90 Å². The van der Waals surface area contributed by atoms with Crippen LogP contribution in [0.4, 0.5) is 11.4 Å². The zero-order chi connectivity index (χ0) is 14.3. The highest BCUT2D eigenvalue weighted by molar-refractivity contribution is 9.10. The highest BCUT2D eigenvalue weighted by Crippen LogP contribution is 2.37. The van der Waals surface area contributed by atoms with Gasteiger partial charge in [-0.3, -0.25) is 0 Å². The summed E-state index contributed by atoms with van der Waals surface area (Å²) in [6.07, 6.45) is 5.29. The highest BCUT2D eigenvalue weighted by Gasteiger charge is 2.38. The van der Waals surface area contributed by atoms with Gasteiger partial charge in [0.05, 0.1) is 11.4 Å². The standard InChI is InChI=1S/C16H24BrN3/c1-19(2)16-7-4-11(17)8-15(16)18-12-9-13-5-6-14(10-12)20(13)3/h4,7-8,12-14,18H,5-6,9-10H2,1-3H3. The van der Waals surface area contributed by atoms with Crippen molar-refractivity contribution in [2.45, 2.75) is 43.8 Å². The van der Waals surface area contributed by atoms with Gasteiger partial charge in [0.25, 0.3) is 0 Å². The minimum Gasteiger partial charge on any atom is -0.380 e. The summed E-state index contributed by atoms with van der Waals surface area (Å²) in [5, 5.41) is 3.79. The van der Waals surface area contributed by atoms with Crippen LogP contribution in [0, 0.1) is 0 Å². The van der Waals surface area contributed by atoms with Gasteiger partial charge in [0.2, 0.25) is 0 Å². The lowest BCUT2D eigenvalue weighted by atomic mass is 9.97.